The van der Waals surface area contributed by atoms with Crippen LogP contribution in [0.3, 0.4) is 0 Å². The van der Waals surface area contributed by atoms with Gasteiger partial charge in [0.15, 0.2) is 5.58 Å². The van der Waals surface area contributed by atoms with Gasteiger partial charge in [0.25, 0.3) is 0 Å². The first-order chi connectivity index (χ1) is 17.6. The number of hydrogen-bond donors (Lipinski definition) is 1. The third-order valence-electron chi connectivity index (χ3n) is 5.87. The van der Waals surface area contributed by atoms with E-state index in [0.717, 1.165) is 43.2 Å². The molecule has 2 aromatic carbocycles. The molecule has 0 atom stereocenters. The highest BCUT2D eigenvalue weighted by Crippen LogP contribution is 2.40. The van der Waals surface area contributed by atoms with Crippen molar-refractivity contribution in [3.63, 3.8) is 0 Å². The summed E-state index contributed by atoms with van der Waals surface area (Å²) in [4.78, 5) is 34.5. The molecule has 37 heavy (non-hydrogen) atoms. The molecule has 0 saturated heterocycles. The van der Waals surface area contributed by atoms with Crippen LogP contribution in [0.15, 0.2) is 57.8 Å². The maximum Gasteiger partial charge on any atom is 0.202 e. The molecule has 1 aliphatic heterocycles. The van der Waals surface area contributed by atoms with Gasteiger partial charge in [-0.25, -0.2) is 0 Å². The summed E-state index contributed by atoms with van der Waals surface area (Å²) in [5, 5.41) is 23.5. The number of likely N-dealkylation sites (N-methyl/N-ethyl adjacent to an activating group) is 1. The molecule has 2 heterocycles. The van der Waals surface area contributed by atoms with E-state index in [1.54, 1.807) is 0 Å². The van der Waals surface area contributed by atoms with Crippen LogP contribution in [0.1, 0.15) is 33.3 Å². The molecule has 1 aliphatic rings. The smallest absolute Gasteiger partial charge is 0.202 e. The number of carbonyl (C=O) groups is 2. The van der Waals surface area contributed by atoms with E-state index in [1.807, 2.05) is 56.3 Å². The molecule has 1 aromatic heterocycles. The Morgan fingerprint density at radius 2 is 1.73 bits per heavy atom. The average Bonchev–Trinajstić information content (AvgIpc) is 2.85. The molecule has 0 fully saturated rings. The Hall–Kier alpha value is -4.11. The van der Waals surface area contributed by atoms with Crippen LogP contribution in [0.2, 0.25) is 0 Å². The van der Waals surface area contributed by atoms with Gasteiger partial charge in [-0.3, -0.25) is 4.79 Å². The minimum absolute atomic E-state index is 0.0202. The van der Waals surface area contributed by atoms with Gasteiger partial charge in [0, 0.05) is 19.2 Å². The van der Waals surface area contributed by atoms with Crippen LogP contribution in [0, 0.1) is 0 Å². The Morgan fingerprint density at radius 3 is 2.35 bits per heavy atom. The summed E-state index contributed by atoms with van der Waals surface area (Å²) in [6.07, 6.45) is 4.76. The largest absolute Gasteiger partial charge is 0.545 e. The minimum Gasteiger partial charge on any atom is -0.545 e. The molecular formula is C28H30N2O7-2. The van der Waals surface area contributed by atoms with Gasteiger partial charge in [-0.2, -0.15) is 0 Å². The standard InChI is InChI=1S/C24H28N2O3.C4H4O4/c1-5-26(6-2)14-13-25-18-15-20-17(11-12-24(3,4)29-20)23-21(18)22(27)16-9-7-8-10-19(16)28-23;5-3(6)1-2-4(7)8/h7-12,15,25H,5-6,13-14H2,1-4H3;1-2H,(H,5,6)(H,7,8)/p-2/b;2-1+. The highest BCUT2D eigenvalue weighted by Gasteiger charge is 2.26. The first-order valence-electron chi connectivity index (χ1n) is 12.0. The number of aliphatic carboxylic acids is 2. The van der Waals surface area contributed by atoms with Gasteiger partial charge in [-0.05, 0) is 63.4 Å². The number of anilines is 1. The van der Waals surface area contributed by atoms with Crippen LogP contribution in [0.4, 0.5) is 5.69 Å². The van der Waals surface area contributed by atoms with Gasteiger partial charge in [-0.15, -0.1) is 0 Å². The lowest BCUT2D eigenvalue weighted by atomic mass is 9.99. The van der Waals surface area contributed by atoms with Crippen molar-refractivity contribution in [3.8, 4) is 5.75 Å². The molecule has 196 valence electrons. The number of ether oxygens (including phenoxy) is 1. The minimum atomic E-state index is -1.55. The zero-order valence-corrected chi connectivity index (χ0v) is 21.3. The molecule has 0 saturated carbocycles. The summed E-state index contributed by atoms with van der Waals surface area (Å²) in [6, 6.07) is 9.33. The van der Waals surface area contributed by atoms with Crippen molar-refractivity contribution < 1.29 is 29.0 Å². The number of para-hydroxylation sites is 1. The Balaban J connectivity index is 0.000000414. The van der Waals surface area contributed by atoms with Crippen LogP contribution in [-0.4, -0.2) is 48.6 Å². The molecule has 0 bridgehead atoms. The summed E-state index contributed by atoms with van der Waals surface area (Å²) in [5.41, 5.74) is 2.31. The van der Waals surface area contributed by atoms with Crippen molar-refractivity contribution in [1.29, 1.82) is 0 Å². The number of carboxylic acid groups (broad SMARTS) is 2. The van der Waals surface area contributed by atoms with Crippen LogP contribution < -0.4 is 25.7 Å². The summed E-state index contributed by atoms with van der Waals surface area (Å²) >= 11 is 0. The molecule has 1 N–H and O–H groups in total. The normalized spacial score (nSPS) is 13.8. The third-order valence-corrected chi connectivity index (χ3v) is 5.87. The van der Waals surface area contributed by atoms with E-state index in [2.05, 4.69) is 24.1 Å². The van der Waals surface area contributed by atoms with Crippen molar-refractivity contribution in [1.82, 2.24) is 4.90 Å². The lowest BCUT2D eigenvalue weighted by Crippen LogP contribution is -2.29. The number of nitrogens with one attached hydrogen (secondary N) is 1. The fourth-order valence-electron chi connectivity index (χ4n) is 3.98. The topological polar surface area (TPSA) is 135 Å². The first kappa shape index (κ1) is 27.5. The fraction of sp³-hybridized carbons (Fsp3) is 0.321. The second kappa shape index (κ2) is 11.7. The number of benzene rings is 2. The Bertz CT molecular complexity index is 1400. The van der Waals surface area contributed by atoms with E-state index in [4.69, 9.17) is 9.15 Å². The van der Waals surface area contributed by atoms with E-state index in [1.165, 1.54) is 0 Å². The molecule has 0 aliphatic carbocycles. The molecule has 9 nitrogen and oxygen atoms in total. The third kappa shape index (κ3) is 6.77. The van der Waals surface area contributed by atoms with Gasteiger partial charge in [0.2, 0.25) is 5.43 Å². The summed E-state index contributed by atoms with van der Waals surface area (Å²) < 4.78 is 12.4. The van der Waals surface area contributed by atoms with Crippen LogP contribution in [-0.2, 0) is 9.59 Å². The van der Waals surface area contributed by atoms with Crippen LogP contribution >= 0.6 is 0 Å². The summed E-state index contributed by atoms with van der Waals surface area (Å²) in [7, 11) is 0. The number of nitrogens with zero attached hydrogens (tertiary/aromatic N) is 1. The number of fused-ring (bicyclic) bond motifs is 4. The molecule has 4 rings (SSSR count). The predicted molar refractivity (Wildman–Crippen MR) is 139 cm³/mol. The SMILES string of the molecule is CCN(CC)CCNc1cc2c(c3oc4ccccc4c(=O)c13)C=CC(C)(C)O2.O=C([O-])/C=C/C(=O)[O-]. The fourth-order valence-corrected chi connectivity index (χ4v) is 3.98. The molecule has 0 spiro atoms. The second-order valence-corrected chi connectivity index (χ2v) is 8.93. The second-order valence-electron chi connectivity index (χ2n) is 8.93. The van der Waals surface area contributed by atoms with Crippen molar-refractivity contribution in [2.45, 2.75) is 33.3 Å². The highest BCUT2D eigenvalue weighted by molar-refractivity contribution is 6.02. The Labute approximate surface area is 214 Å². The van der Waals surface area contributed by atoms with Gasteiger partial charge in [0.1, 0.15) is 16.9 Å². The summed E-state index contributed by atoms with van der Waals surface area (Å²) in [5.74, 6) is -2.36. The molecule has 3 aromatic rings. The Morgan fingerprint density at radius 1 is 1.08 bits per heavy atom. The zero-order chi connectivity index (χ0) is 27.2. The van der Waals surface area contributed by atoms with E-state index in [9.17, 15) is 24.6 Å². The quantitative estimate of drug-likeness (QED) is 0.359. The lowest BCUT2D eigenvalue weighted by Gasteiger charge is -2.29. The van der Waals surface area contributed by atoms with Gasteiger partial charge < -0.3 is 39.2 Å². The predicted octanol–water partition coefficient (Wildman–Crippen LogP) is 1.93. The van der Waals surface area contributed by atoms with Gasteiger partial charge >= 0.3 is 0 Å². The average molecular weight is 507 g/mol. The van der Waals surface area contributed by atoms with E-state index >= 15 is 0 Å². The molecule has 9 heteroatoms. The van der Waals surface area contributed by atoms with E-state index in [0.29, 0.717) is 34.1 Å². The molecule has 0 amide bonds. The van der Waals surface area contributed by atoms with E-state index < -0.39 is 17.5 Å². The highest BCUT2D eigenvalue weighted by atomic mass is 16.5. The zero-order valence-electron chi connectivity index (χ0n) is 21.3. The van der Waals surface area contributed by atoms with Gasteiger partial charge in [-0.1, -0.05) is 26.0 Å². The van der Waals surface area contributed by atoms with Crippen molar-refractivity contribution >= 4 is 45.6 Å². The molecule has 0 radical (unpaired) electrons. The van der Waals surface area contributed by atoms with Crippen molar-refractivity contribution in [3.05, 3.63) is 64.3 Å². The Kier molecular flexibility index (Phi) is 8.73. The lowest BCUT2D eigenvalue weighted by molar-refractivity contribution is -0.301. The van der Waals surface area contributed by atoms with Crippen LogP contribution in [0.25, 0.3) is 28.0 Å². The van der Waals surface area contributed by atoms with Crippen molar-refractivity contribution in [2.24, 2.45) is 0 Å². The maximum absolute atomic E-state index is 13.4. The van der Waals surface area contributed by atoms with Gasteiger partial charge in [0.05, 0.1) is 34.0 Å². The number of carbonyl (C=O) groups excluding carboxylic acids is 2. The van der Waals surface area contributed by atoms with Crippen LogP contribution in [0.5, 0.6) is 5.75 Å². The number of rotatable bonds is 8. The molecular weight excluding hydrogens is 476 g/mol. The maximum atomic E-state index is 13.4. The number of carboxylic acids is 2. The summed E-state index contributed by atoms with van der Waals surface area (Å²) in [6.45, 7) is 12.0. The first-order valence-corrected chi connectivity index (χ1v) is 12.0. The molecule has 0 unspecified atom stereocenters. The monoisotopic (exact) mass is 506 g/mol. The van der Waals surface area contributed by atoms with E-state index in [-0.39, 0.29) is 5.43 Å². The number of hydrogen-bond acceptors (Lipinski definition) is 9. The van der Waals surface area contributed by atoms with Crippen molar-refractivity contribution in [2.75, 3.05) is 31.5 Å².